The molecule has 0 saturated carbocycles. The molecular weight excluding hydrogens is 260 g/mol. The second-order valence-electron chi connectivity index (χ2n) is 6.57. The fourth-order valence-electron chi connectivity index (χ4n) is 2.20. The van der Waals surface area contributed by atoms with Gasteiger partial charge in [-0.3, -0.25) is 0 Å². The summed E-state index contributed by atoms with van der Waals surface area (Å²) in [6, 6.07) is 10.0. The summed E-state index contributed by atoms with van der Waals surface area (Å²) in [6.45, 7) is 10.6. The van der Waals surface area contributed by atoms with Gasteiger partial charge in [-0.2, -0.15) is 0 Å². The molecule has 0 aliphatic carbocycles. The first-order chi connectivity index (χ1) is 9.77. The maximum absolute atomic E-state index is 6.02. The van der Waals surface area contributed by atoms with E-state index in [1.54, 1.807) is 6.20 Å². The Labute approximate surface area is 127 Å². The van der Waals surface area contributed by atoms with Gasteiger partial charge in [0.1, 0.15) is 5.75 Å². The molecule has 3 nitrogen and oxygen atoms in total. The summed E-state index contributed by atoms with van der Waals surface area (Å²) >= 11 is 0. The molecule has 0 amide bonds. The fourth-order valence-corrected chi connectivity index (χ4v) is 2.20. The molecule has 0 saturated heterocycles. The minimum atomic E-state index is -0.0320. The predicted molar refractivity (Wildman–Crippen MR) is 86.8 cm³/mol. The smallest absolute Gasteiger partial charge is 0.219 e. The summed E-state index contributed by atoms with van der Waals surface area (Å²) in [4.78, 5) is 4.28. The van der Waals surface area contributed by atoms with Crippen molar-refractivity contribution in [3.63, 3.8) is 0 Å². The van der Waals surface area contributed by atoms with Crippen LogP contribution in [0.3, 0.4) is 0 Å². The molecule has 2 rings (SSSR count). The summed E-state index contributed by atoms with van der Waals surface area (Å²) in [7, 11) is 0. The van der Waals surface area contributed by atoms with Gasteiger partial charge in [0.2, 0.25) is 5.88 Å². The third-order valence-corrected chi connectivity index (χ3v) is 3.44. The number of benzene rings is 1. The highest BCUT2D eigenvalue weighted by Crippen LogP contribution is 2.34. The molecule has 21 heavy (non-hydrogen) atoms. The quantitative estimate of drug-likeness (QED) is 0.902. The zero-order valence-electron chi connectivity index (χ0n) is 13.5. The Balaban J connectivity index is 2.38. The monoisotopic (exact) mass is 284 g/mol. The lowest BCUT2D eigenvalue weighted by Gasteiger charge is -2.23. The van der Waals surface area contributed by atoms with E-state index in [2.05, 4.69) is 44.8 Å². The highest BCUT2D eigenvalue weighted by Gasteiger charge is 2.20. The van der Waals surface area contributed by atoms with Gasteiger partial charge in [0.05, 0.1) is 0 Å². The standard InChI is InChI=1S/C18H24N2O/c1-12-6-7-16(15(10-12)18(3,4)5)21-17-11-14(13(2)19)8-9-20-17/h6-11,13H,19H2,1-5H3/t13-/m0/s1. The van der Waals surface area contributed by atoms with E-state index in [4.69, 9.17) is 10.5 Å². The van der Waals surface area contributed by atoms with Crippen LogP contribution in [0.5, 0.6) is 11.6 Å². The van der Waals surface area contributed by atoms with Crippen molar-refractivity contribution in [1.82, 2.24) is 4.98 Å². The second-order valence-corrected chi connectivity index (χ2v) is 6.57. The van der Waals surface area contributed by atoms with Crippen molar-refractivity contribution >= 4 is 0 Å². The van der Waals surface area contributed by atoms with E-state index in [9.17, 15) is 0 Å². The number of aryl methyl sites for hydroxylation is 1. The van der Waals surface area contributed by atoms with E-state index in [1.165, 1.54) is 11.1 Å². The number of hydrogen-bond acceptors (Lipinski definition) is 3. The molecule has 1 aromatic carbocycles. The lowest BCUT2D eigenvalue weighted by Crippen LogP contribution is -2.13. The normalized spacial score (nSPS) is 13.0. The Bertz CT molecular complexity index is 627. The lowest BCUT2D eigenvalue weighted by atomic mass is 9.85. The highest BCUT2D eigenvalue weighted by atomic mass is 16.5. The maximum atomic E-state index is 6.02. The van der Waals surface area contributed by atoms with E-state index >= 15 is 0 Å². The molecule has 0 aliphatic rings. The highest BCUT2D eigenvalue weighted by molar-refractivity contribution is 5.43. The van der Waals surface area contributed by atoms with Crippen molar-refractivity contribution in [3.05, 3.63) is 53.2 Å². The van der Waals surface area contributed by atoms with Gasteiger partial charge >= 0.3 is 0 Å². The molecule has 2 aromatic rings. The van der Waals surface area contributed by atoms with Crippen LogP contribution in [0.2, 0.25) is 0 Å². The largest absolute Gasteiger partial charge is 0.439 e. The van der Waals surface area contributed by atoms with E-state index in [0.717, 1.165) is 11.3 Å². The number of pyridine rings is 1. The van der Waals surface area contributed by atoms with Crippen LogP contribution in [-0.4, -0.2) is 4.98 Å². The molecule has 0 radical (unpaired) electrons. The maximum Gasteiger partial charge on any atom is 0.219 e. The summed E-state index contributed by atoms with van der Waals surface area (Å²) in [5.74, 6) is 1.43. The van der Waals surface area contributed by atoms with Gasteiger partial charge in [-0.25, -0.2) is 4.98 Å². The van der Waals surface area contributed by atoms with Gasteiger partial charge in [-0.05, 0) is 37.0 Å². The molecule has 0 fully saturated rings. The van der Waals surface area contributed by atoms with Crippen LogP contribution in [0.25, 0.3) is 0 Å². The third kappa shape index (κ3) is 3.82. The van der Waals surface area contributed by atoms with Gasteiger partial charge in [0.15, 0.2) is 0 Å². The molecule has 0 unspecified atom stereocenters. The fraction of sp³-hybridized carbons (Fsp3) is 0.389. The Morgan fingerprint density at radius 2 is 1.86 bits per heavy atom. The van der Waals surface area contributed by atoms with Gasteiger partial charge in [0.25, 0.3) is 0 Å². The van der Waals surface area contributed by atoms with Crippen molar-refractivity contribution in [2.75, 3.05) is 0 Å². The van der Waals surface area contributed by atoms with Gasteiger partial charge in [-0.1, -0.05) is 38.5 Å². The summed E-state index contributed by atoms with van der Waals surface area (Å²) < 4.78 is 6.02. The molecule has 0 aliphatic heterocycles. The molecule has 1 heterocycles. The Morgan fingerprint density at radius 1 is 1.14 bits per heavy atom. The number of ether oxygens (including phenoxy) is 1. The predicted octanol–water partition coefficient (Wildman–Crippen LogP) is 4.50. The summed E-state index contributed by atoms with van der Waals surface area (Å²) in [5, 5.41) is 0. The van der Waals surface area contributed by atoms with E-state index in [-0.39, 0.29) is 11.5 Å². The number of hydrogen-bond donors (Lipinski definition) is 1. The van der Waals surface area contributed by atoms with Crippen LogP contribution in [0.15, 0.2) is 36.5 Å². The third-order valence-electron chi connectivity index (χ3n) is 3.44. The van der Waals surface area contributed by atoms with Crippen LogP contribution in [0.1, 0.15) is 50.4 Å². The second kappa shape index (κ2) is 5.86. The Hall–Kier alpha value is -1.87. The van der Waals surface area contributed by atoms with E-state index in [0.29, 0.717) is 5.88 Å². The molecule has 2 N–H and O–H groups in total. The SMILES string of the molecule is Cc1ccc(Oc2cc([C@H](C)N)ccn2)c(C(C)(C)C)c1. The minimum absolute atomic E-state index is 0.0140. The molecule has 3 heteroatoms. The Kier molecular flexibility index (Phi) is 4.33. The van der Waals surface area contributed by atoms with Crippen LogP contribution < -0.4 is 10.5 Å². The lowest BCUT2D eigenvalue weighted by molar-refractivity contribution is 0.438. The van der Waals surface area contributed by atoms with E-state index < -0.39 is 0 Å². The van der Waals surface area contributed by atoms with Gasteiger partial charge in [-0.15, -0.1) is 0 Å². The summed E-state index contributed by atoms with van der Waals surface area (Å²) in [6.07, 6.45) is 1.74. The van der Waals surface area contributed by atoms with Crippen LogP contribution in [0.4, 0.5) is 0 Å². The number of aromatic nitrogens is 1. The molecule has 0 spiro atoms. The average molecular weight is 284 g/mol. The van der Waals surface area contributed by atoms with Crippen LogP contribution in [-0.2, 0) is 5.41 Å². The first-order valence-corrected chi connectivity index (χ1v) is 7.28. The molecule has 0 bridgehead atoms. The van der Waals surface area contributed by atoms with Crippen molar-refractivity contribution in [2.45, 2.75) is 46.1 Å². The zero-order chi connectivity index (χ0) is 15.6. The Morgan fingerprint density at radius 3 is 2.48 bits per heavy atom. The first-order valence-electron chi connectivity index (χ1n) is 7.28. The number of nitrogens with two attached hydrogens (primary N) is 1. The van der Waals surface area contributed by atoms with Crippen molar-refractivity contribution in [1.29, 1.82) is 0 Å². The van der Waals surface area contributed by atoms with Crippen molar-refractivity contribution < 1.29 is 4.74 Å². The van der Waals surface area contributed by atoms with Gasteiger partial charge < -0.3 is 10.5 Å². The van der Waals surface area contributed by atoms with Crippen LogP contribution >= 0.6 is 0 Å². The number of rotatable bonds is 3. The minimum Gasteiger partial charge on any atom is -0.439 e. The zero-order valence-corrected chi connectivity index (χ0v) is 13.5. The topological polar surface area (TPSA) is 48.1 Å². The number of nitrogens with zero attached hydrogens (tertiary/aromatic N) is 1. The van der Waals surface area contributed by atoms with Gasteiger partial charge in [0, 0.05) is 23.9 Å². The van der Waals surface area contributed by atoms with Crippen molar-refractivity contribution in [2.24, 2.45) is 5.73 Å². The van der Waals surface area contributed by atoms with E-state index in [1.807, 2.05) is 25.1 Å². The molecule has 1 aromatic heterocycles. The van der Waals surface area contributed by atoms with Crippen molar-refractivity contribution in [3.8, 4) is 11.6 Å². The first kappa shape index (κ1) is 15.5. The average Bonchev–Trinajstić information content (AvgIpc) is 2.40. The summed E-state index contributed by atoms with van der Waals surface area (Å²) in [5.41, 5.74) is 9.35. The molecule has 1 atom stereocenters. The van der Waals surface area contributed by atoms with Crippen LogP contribution in [0, 0.1) is 6.92 Å². The molecule has 112 valence electrons. The molecular formula is C18H24N2O.